The van der Waals surface area contributed by atoms with Gasteiger partial charge in [0, 0.05) is 37.1 Å². The summed E-state index contributed by atoms with van der Waals surface area (Å²) in [5.74, 6) is 0.0767. The molecule has 1 aliphatic heterocycles. The van der Waals surface area contributed by atoms with E-state index in [9.17, 15) is 9.59 Å². The minimum atomic E-state index is 0.0108. The van der Waals surface area contributed by atoms with Crippen molar-refractivity contribution in [3.05, 3.63) is 50.9 Å². The summed E-state index contributed by atoms with van der Waals surface area (Å²) in [6, 6.07) is 7.66. The van der Waals surface area contributed by atoms with Gasteiger partial charge in [0.1, 0.15) is 0 Å². The lowest BCUT2D eigenvalue weighted by Crippen LogP contribution is -2.50. The highest BCUT2D eigenvalue weighted by atomic mass is 32.1. The second-order valence-electron chi connectivity index (χ2n) is 4.94. The summed E-state index contributed by atoms with van der Waals surface area (Å²) >= 11 is 3.06. The van der Waals surface area contributed by atoms with Crippen molar-refractivity contribution in [1.82, 2.24) is 9.80 Å². The van der Waals surface area contributed by atoms with Crippen LogP contribution in [0.3, 0.4) is 0 Å². The standard InChI is InChI=1S/C16H16N2O2S2/c19-15(6-5-13-3-1-11-21-13)17-7-9-18(10-8-17)16(20)14-4-2-12-22-14/h1-6,11-12H,7-10H2/b6-5+. The second-order valence-corrected chi connectivity index (χ2v) is 6.87. The third-order valence-electron chi connectivity index (χ3n) is 3.54. The van der Waals surface area contributed by atoms with Crippen LogP contribution in [0, 0.1) is 0 Å². The number of carbonyl (C=O) groups excluding carboxylic acids is 2. The molecule has 4 nitrogen and oxygen atoms in total. The van der Waals surface area contributed by atoms with Crippen molar-refractivity contribution in [2.24, 2.45) is 0 Å². The summed E-state index contributed by atoms with van der Waals surface area (Å²) in [5.41, 5.74) is 0. The molecule has 0 saturated carbocycles. The largest absolute Gasteiger partial charge is 0.336 e. The average molecular weight is 332 g/mol. The SMILES string of the molecule is O=C(/C=C/c1cccs1)N1CCN(C(=O)c2cccs2)CC1. The molecule has 0 spiro atoms. The van der Waals surface area contributed by atoms with Gasteiger partial charge in [-0.05, 0) is 29.0 Å². The monoisotopic (exact) mass is 332 g/mol. The third kappa shape index (κ3) is 3.45. The minimum absolute atomic E-state index is 0.0108. The molecule has 0 unspecified atom stereocenters. The predicted octanol–water partition coefficient (Wildman–Crippen LogP) is 2.81. The molecular formula is C16H16N2O2S2. The number of rotatable bonds is 3. The van der Waals surface area contributed by atoms with Crippen LogP contribution in [0.2, 0.25) is 0 Å². The molecule has 0 aromatic carbocycles. The molecule has 22 heavy (non-hydrogen) atoms. The van der Waals surface area contributed by atoms with Crippen LogP contribution in [-0.4, -0.2) is 47.8 Å². The number of hydrogen-bond acceptors (Lipinski definition) is 4. The zero-order valence-corrected chi connectivity index (χ0v) is 13.6. The van der Waals surface area contributed by atoms with Gasteiger partial charge in [0.15, 0.2) is 0 Å². The Kier molecular flexibility index (Phi) is 4.70. The Hall–Kier alpha value is -1.92. The summed E-state index contributed by atoms with van der Waals surface area (Å²) in [6.45, 7) is 2.36. The van der Waals surface area contributed by atoms with Gasteiger partial charge in [-0.3, -0.25) is 9.59 Å². The van der Waals surface area contributed by atoms with Gasteiger partial charge in [0.25, 0.3) is 5.91 Å². The molecule has 2 amide bonds. The second kappa shape index (κ2) is 6.89. The zero-order chi connectivity index (χ0) is 15.4. The summed E-state index contributed by atoms with van der Waals surface area (Å²) in [5, 5.41) is 3.89. The van der Waals surface area contributed by atoms with Gasteiger partial charge in [0.05, 0.1) is 4.88 Å². The fourth-order valence-electron chi connectivity index (χ4n) is 2.33. The van der Waals surface area contributed by atoms with Gasteiger partial charge in [-0.1, -0.05) is 12.1 Å². The molecule has 1 saturated heterocycles. The van der Waals surface area contributed by atoms with Gasteiger partial charge in [0.2, 0.25) is 5.91 Å². The first kappa shape index (κ1) is 15.0. The fraction of sp³-hybridized carbons (Fsp3) is 0.250. The first-order valence-corrected chi connectivity index (χ1v) is 8.83. The van der Waals surface area contributed by atoms with Crippen LogP contribution >= 0.6 is 22.7 Å². The molecule has 2 aromatic rings. The van der Waals surface area contributed by atoms with E-state index in [0.29, 0.717) is 26.2 Å². The Balaban J connectivity index is 1.53. The van der Waals surface area contributed by atoms with Gasteiger partial charge in [-0.25, -0.2) is 0 Å². The van der Waals surface area contributed by atoms with E-state index in [1.54, 1.807) is 22.3 Å². The van der Waals surface area contributed by atoms with Crippen LogP contribution < -0.4 is 0 Å². The molecule has 114 valence electrons. The first-order chi connectivity index (χ1) is 10.7. The van der Waals surface area contributed by atoms with Crippen LogP contribution in [0.4, 0.5) is 0 Å². The maximum Gasteiger partial charge on any atom is 0.264 e. The van der Waals surface area contributed by atoms with E-state index in [0.717, 1.165) is 9.75 Å². The number of piperazine rings is 1. The maximum atomic E-state index is 12.2. The van der Waals surface area contributed by atoms with E-state index in [1.807, 2.05) is 46.0 Å². The number of nitrogens with zero attached hydrogens (tertiary/aromatic N) is 2. The van der Waals surface area contributed by atoms with Crippen LogP contribution in [0.1, 0.15) is 14.5 Å². The number of hydrogen-bond donors (Lipinski definition) is 0. The smallest absolute Gasteiger partial charge is 0.264 e. The molecule has 3 rings (SSSR count). The number of carbonyl (C=O) groups is 2. The van der Waals surface area contributed by atoms with E-state index in [2.05, 4.69) is 0 Å². The van der Waals surface area contributed by atoms with Crippen molar-refractivity contribution in [2.45, 2.75) is 0 Å². The summed E-state index contributed by atoms with van der Waals surface area (Å²) < 4.78 is 0. The van der Waals surface area contributed by atoms with E-state index in [4.69, 9.17) is 0 Å². The highest BCUT2D eigenvalue weighted by molar-refractivity contribution is 7.12. The van der Waals surface area contributed by atoms with Gasteiger partial charge >= 0.3 is 0 Å². The molecule has 0 bridgehead atoms. The van der Waals surface area contributed by atoms with Crippen LogP contribution in [-0.2, 0) is 4.79 Å². The quantitative estimate of drug-likeness (QED) is 0.811. The minimum Gasteiger partial charge on any atom is -0.336 e. The molecule has 0 aliphatic carbocycles. The third-order valence-corrected chi connectivity index (χ3v) is 5.24. The number of amides is 2. The van der Waals surface area contributed by atoms with E-state index in [1.165, 1.54) is 11.3 Å². The average Bonchev–Trinajstić information content (AvgIpc) is 3.25. The Morgan fingerprint density at radius 1 is 0.955 bits per heavy atom. The highest BCUT2D eigenvalue weighted by Gasteiger charge is 2.24. The van der Waals surface area contributed by atoms with E-state index in [-0.39, 0.29) is 11.8 Å². The van der Waals surface area contributed by atoms with Crippen molar-refractivity contribution >= 4 is 40.6 Å². The van der Waals surface area contributed by atoms with Gasteiger partial charge < -0.3 is 9.80 Å². The van der Waals surface area contributed by atoms with E-state index >= 15 is 0 Å². The topological polar surface area (TPSA) is 40.6 Å². The normalized spacial score (nSPS) is 15.5. The Morgan fingerprint density at radius 3 is 2.27 bits per heavy atom. The Morgan fingerprint density at radius 2 is 1.64 bits per heavy atom. The maximum absolute atomic E-state index is 12.2. The molecule has 6 heteroatoms. The lowest BCUT2D eigenvalue weighted by atomic mass is 10.2. The van der Waals surface area contributed by atoms with Gasteiger partial charge in [-0.15, -0.1) is 22.7 Å². The zero-order valence-electron chi connectivity index (χ0n) is 12.0. The summed E-state index contributed by atoms with van der Waals surface area (Å²) in [6.07, 6.45) is 3.46. The molecule has 1 aliphatic rings. The molecule has 0 atom stereocenters. The molecule has 1 fully saturated rings. The molecule has 2 aromatic heterocycles. The van der Waals surface area contributed by atoms with E-state index < -0.39 is 0 Å². The van der Waals surface area contributed by atoms with Crippen molar-refractivity contribution < 1.29 is 9.59 Å². The lowest BCUT2D eigenvalue weighted by Gasteiger charge is -2.34. The lowest BCUT2D eigenvalue weighted by molar-refractivity contribution is -0.127. The van der Waals surface area contributed by atoms with Crippen molar-refractivity contribution in [2.75, 3.05) is 26.2 Å². The predicted molar refractivity (Wildman–Crippen MR) is 90.2 cm³/mol. The molecular weight excluding hydrogens is 316 g/mol. The Labute approximate surface area is 137 Å². The molecule has 0 radical (unpaired) electrons. The van der Waals surface area contributed by atoms with Crippen LogP contribution in [0.5, 0.6) is 0 Å². The summed E-state index contributed by atoms with van der Waals surface area (Å²) in [4.78, 5) is 29.8. The highest BCUT2D eigenvalue weighted by Crippen LogP contribution is 2.14. The van der Waals surface area contributed by atoms with Crippen molar-refractivity contribution in [1.29, 1.82) is 0 Å². The Bertz CT molecular complexity index is 654. The van der Waals surface area contributed by atoms with Crippen molar-refractivity contribution in [3.8, 4) is 0 Å². The summed E-state index contributed by atoms with van der Waals surface area (Å²) in [7, 11) is 0. The van der Waals surface area contributed by atoms with Crippen LogP contribution in [0.25, 0.3) is 6.08 Å². The molecule has 3 heterocycles. The first-order valence-electron chi connectivity index (χ1n) is 7.07. The van der Waals surface area contributed by atoms with Gasteiger partial charge in [-0.2, -0.15) is 0 Å². The fourth-order valence-corrected chi connectivity index (χ4v) is 3.64. The molecule has 0 N–H and O–H groups in total. The van der Waals surface area contributed by atoms with Crippen LogP contribution in [0.15, 0.2) is 41.1 Å². The van der Waals surface area contributed by atoms with Crippen molar-refractivity contribution in [3.63, 3.8) is 0 Å². The number of thiophene rings is 2.